The van der Waals surface area contributed by atoms with E-state index >= 15 is 0 Å². The number of carbonyl (C=O) groups excluding carboxylic acids is 2. The molecule has 1 saturated heterocycles. The molecule has 1 aliphatic rings. The van der Waals surface area contributed by atoms with Crippen LogP contribution in [0.4, 0.5) is 4.39 Å². The second-order valence-electron chi connectivity index (χ2n) is 7.91. The van der Waals surface area contributed by atoms with Gasteiger partial charge < -0.3 is 14.2 Å². The van der Waals surface area contributed by atoms with Gasteiger partial charge in [0.2, 0.25) is 5.76 Å². The maximum Gasteiger partial charge on any atom is 0.314 e. The van der Waals surface area contributed by atoms with E-state index in [1.807, 2.05) is 13.8 Å². The largest absolute Gasteiger partial charge is 0.466 e. The summed E-state index contributed by atoms with van der Waals surface area (Å²) in [5.74, 6) is -0.612. The van der Waals surface area contributed by atoms with E-state index in [0.717, 1.165) is 5.56 Å². The van der Waals surface area contributed by atoms with Gasteiger partial charge in [0.05, 0.1) is 17.7 Å². The van der Waals surface area contributed by atoms with E-state index in [4.69, 9.17) is 9.26 Å². The second-order valence-corrected chi connectivity index (χ2v) is 7.91. The first kappa shape index (κ1) is 21.0. The lowest BCUT2D eigenvalue weighted by molar-refractivity contribution is -0.158. The highest BCUT2D eigenvalue weighted by Crippen LogP contribution is 2.36. The van der Waals surface area contributed by atoms with Crippen LogP contribution in [0.1, 0.15) is 61.3 Å². The molecule has 1 aromatic heterocycles. The van der Waals surface area contributed by atoms with Crippen molar-refractivity contribution in [2.75, 3.05) is 19.7 Å². The van der Waals surface area contributed by atoms with Crippen molar-refractivity contribution in [2.24, 2.45) is 5.41 Å². The molecule has 1 fully saturated rings. The SMILES string of the molecule is CCOC(=O)[C@@]1(Cc2ccc(F)cc2)CCCN(C(=O)c2cc(C(C)C)no2)C1. The third-order valence-electron chi connectivity index (χ3n) is 5.36. The summed E-state index contributed by atoms with van der Waals surface area (Å²) in [6.45, 7) is 6.72. The number of piperidine rings is 1. The van der Waals surface area contributed by atoms with E-state index < -0.39 is 5.41 Å². The number of ether oxygens (including phenoxy) is 1. The second kappa shape index (κ2) is 8.76. The van der Waals surface area contributed by atoms with Gasteiger partial charge in [-0.3, -0.25) is 9.59 Å². The number of carbonyl (C=O) groups is 2. The fourth-order valence-corrected chi connectivity index (χ4v) is 3.78. The summed E-state index contributed by atoms with van der Waals surface area (Å²) in [4.78, 5) is 27.5. The van der Waals surface area contributed by atoms with Crippen LogP contribution < -0.4 is 0 Å². The number of halogens is 1. The lowest BCUT2D eigenvalue weighted by atomic mass is 9.75. The molecule has 0 bridgehead atoms. The molecular weight excluding hydrogens is 375 g/mol. The Balaban J connectivity index is 1.85. The molecule has 2 heterocycles. The molecule has 1 atom stereocenters. The minimum absolute atomic E-state index is 0.152. The lowest BCUT2D eigenvalue weighted by Gasteiger charge is -2.40. The van der Waals surface area contributed by atoms with E-state index in [1.165, 1.54) is 12.1 Å². The molecule has 1 amide bonds. The van der Waals surface area contributed by atoms with Gasteiger partial charge in [0, 0.05) is 19.2 Å². The number of benzene rings is 1. The van der Waals surface area contributed by atoms with Crippen LogP contribution in [-0.4, -0.2) is 41.6 Å². The van der Waals surface area contributed by atoms with E-state index in [-0.39, 0.29) is 42.5 Å². The number of rotatable bonds is 6. The maximum absolute atomic E-state index is 13.3. The molecule has 0 saturated carbocycles. The van der Waals surface area contributed by atoms with Crippen molar-refractivity contribution in [3.05, 3.63) is 53.2 Å². The minimum Gasteiger partial charge on any atom is -0.466 e. The predicted molar refractivity (Wildman–Crippen MR) is 105 cm³/mol. The number of aromatic nitrogens is 1. The van der Waals surface area contributed by atoms with Crippen LogP contribution >= 0.6 is 0 Å². The molecule has 1 aliphatic heterocycles. The van der Waals surface area contributed by atoms with E-state index in [9.17, 15) is 14.0 Å². The normalized spacial score (nSPS) is 19.4. The number of esters is 1. The smallest absolute Gasteiger partial charge is 0.314 e. The first-order valence-corrected chi connectivity index (χ1v) is 10.0. The van der Waals surface area contributed by atoms with Gasteiger partial charge in [0.25, 0.3) is 5.91 Å². The molecule has 0 radical (unpaired) electrons. The Morgan fingerprint density at radius 2 is 2.03 bits per heavy atom. The zero-order valence-electron chi connectivity index (χ0n) is 17.1. The first-order chi connectivity index (χ1) is 13.8. The van der Waals surface area contributed by atoms with Gasteiger partial charge in [-0.15, -0.1) is 0 Å². The molecule has 0 unspecified atom stereocenters. The van der Waals surface area contributed by atoms with Crippen LogP contribution in [0.25, 0.3) is 0 Å². The molecule has 156 valence electrons. The lowest BCUT2D eigenvalue weighted by Crippen LogP contribution is -2.51. The summed E-state index contributed by atoms with van der Waals surface area (Å²) >= 11 is 0. The number of hydrogen-bond acceptors (Lipinski definition) is 5. The van der Waals surface area contributed by atoms with Crippen molar-refractivity contribution in [1.29, 1.82) is 0 Å². The molecule has 0 N–H and O–H groups in total. The predicted octanol–water partition coefficient (Wildman–Crippen LogP) is 3.97. The summed E-state index contributed by atoms with van der Waals surface area (Å²) in [7, 11) is 0. The molecular formula is C22H27FN2O4. The molecule has 2 aromatic rings. The highest BCUT2D eigenvalue weighted by Gasteiger charge is 2.45. The summed E-state index contributed by atoms with van der Waals surface area (Å²) in [5.41, 5.74) is 0.673. The van der Waals surface area contributed by atoms with Gasteiger partial charge in [-0.1, -0.05) is 31.1 Å². The Labute approximate surface area is 170 Å². The molecule has 7 heteroatoms. The number of nitrogens with zero attached hydrogens (tertiary/aromatic N) is 2. The Kier molecular flexibility index (Phi) is 6.35. The van der Waals surface area contributed by atoms with Crippen molar-refractivity contribution in [2.45, 2.75) is 46.0 Å². The van der Waals surface area contributed by atoms with E-state index in [0.29, 0.717) is 31.5 Å². The summed E-state index contributed by atoms with van der Waals surface area (Å²) in [6.07, 6.45) is 1.64. The van der Waals surface area contributed by atoms with Crippen molar-refractivity contribution in [3.8, 4) is 0 Å². The minimum atomic E-state index is -0.872. The van der Waals surface area contributed by atoms with Crippen LogP contribution in [0.15, 0.2) is 34.9 Å². The number of amides is 1. The van der Waals surface area contributed by atoms with E-state index in [1.54, 1.807) is 30.0 Å². The Hall–Kier alpha value is -2.70. The maximum atomic E-state index is 13.3. The molecule has 0 aliphatic carbocycles. The third-order valence-corrected chi connectivity index (χ3v) is 5.36. The Morgan fingerprint density at radius 3 is 2.66 bits per heavy atom. The molecule has 0 spiro atoms. The Bertz CT molecular complexity index is 862. The topological polar surface area (TPSA) is 72.6 Å². The fourth-order valence-electron chi connectivity index (χ4n) is 3.78. The summed E-state index contributed by atoms with van der Waals surface area (Å²) in [5, 5.41) is 3.96. The molecule has 3 rings (SSSR count). The van der Waals surface area contributed by atoms with Crippen LogP contribution in [0.5, 0.6) is 0 Å². The van der Waals surface area contributed by atoms with Crippen molar-refractivity contribution < 1.29 is 23.2 Å². The first-order valence-electron chi connectivity index (χ1n) is 10.0. The van der Waals surface area contributed by atoms with Gasteiger partial charge in [-0.25, -0.2) is 4.39 Å². The third kappa shape index (κ3) is 4.66. The number of likely N-dealkylation sites (tertiary alicyclic amines) is 1. The van der Waals surface area contributed by atoms with Gasteiger partial charge in [-0.05, 0) is 49.8 Å². The number of hydrogen-bond donors (Lipinski definition) is 0. The highest BCUT2D eigenvalue weighted by atomic mass is 19.1. The standard InChI is InChI=1S/C22H27FN2O4/c1-4-28-21(27)22(13-16-6-8-17(23)9-7-16)10-5-11-25(14-22)20(26)19-12-18(15(2)3)24-29-19/h6-9,12,15H,4-5,10-11,13-14H2,1-3H3/t22-/m1/s1. The van der Waals surface area contributed by atoms with Crippen LogP contribution in [0.3, 0.4) is 0 Å². The fraction of sp³-hybridized carbons (Fsp3) is 0.500. The highest BCUT2D eigenvalue weighted by molar-refractivity contribution is 5.92. The van der Waals surface area contributed by atoms with Crippen molar-refractivity contribution >= 4 is 11.9 Å². The van der Waals surface area contributed by atoms with Crippen molar-refractivity contribution in [3.63, 3.8) is 0 Å². The van der Waals surface area contributed by atoms with E-state index in [2.05, 4.69) is 5.16 Å². The zero-order valence-corrected chi connectivity index (χ0v) is 17.1. The Morgan fingerprint density at radius 1 is 1.31 bits per heavy atom. The average Bonchev–Trinajstić information content (AvgIpc) is 3.20. The molecule has 1 aromatic carbocycles. The monoisotopic (exact) mass is 402 g/mol. The van der Waals surface area contributed by atoms with Gasteiger partial charge >= 0.3 is 5.97 Å². The average molecular weight is 402 g/mol. The molecule has 29 heavy (non-hydrogen) atoms. The van der Waals surface area contributed by atoms with Crippen molar-refractivity contribution in [1.82, 2.24) is 10.1 Å². The van der Waals surface area contributed by atoms with Crippen LogP contribution in [0, 0.1) is 11.2 Å². The summed E-state index contributed by atoms with van der Waals surface area (Å²) < 4.78 is 23.9. The van der Waals surface area contributed by atoms with Crippen LogP contribution in [-0.2, 0) is 16.0 Å². The zero-order chi connectivity index (χ0) is 21.0. The van der Waals surface area contributed by atoms with Gasteiger partial charge in [0.1, 0.15) is 5.82 Å². The quantitative estimate of drug-likeness (QED) is 0.684. The van der Waals surface area contributed by atoms with Crippen LogP contribution in [0.2, 0.25) is 0 Å². The van der Waals surface area contributed by atoms with Gasteiger partial charge in [-0.2, -0.15) is 0 Å². The summed E-state index contributed by atoms with van der Waals surface area (Å²) in [6, 6.07) is 7.75. The molecule has 6 nitrogen and oxygen atoms in total. The van der Waals surface area contributed by atoms with Gasteiger partial charge in [0.15, 0.2) is 0 Å².